The van der Waals surface area contributed by atoms with E-state index in [-0.39, 0.29) is 5.43 Å². The molecule has 0 atom stereocenters. The highest BCUT2D eigenvalue weighted by Crippen LogP contribution is 2.32. The van der Waals surface area contributed by atoms with Crippen LogP contribution < -0.4 is 14.9 Å². The summed E-state index contributed by atoms with van der Waals surface area (Å²) in [5.41, 5.74) is 1.13. The largest absolute Gasteiger partial charge is 0.497 e. The van der Waals surface area contributed by atoms with Crippen LogP contribution in [-0.4, -0.2) is 14.2 Å². The molecule has 0 spiro atoms. The number of fused-ring (bicyclic) bond motifs is 1. The Labute approximate surface area is 121 Å². The normalized spacial score (nSPS) is 10.6. The van der Waals surface area contributed by atoms with E-state index in [4.69, 9.17) is 13.9 Å². The lowest BCUT2D eigenvalue weighted by atomic mass is 10.1. The number of hydrogen-bond donors (Lipinski definition) is 0. The van der Waals surface area contributed by atoms with Gasteiger partial charge in [0.25, 0.3) is 0 Å². The molecule has 4 nitrogen and oxygen atoms in total. The van der Waals surface area contributed by atoms with Crippen LogP contribution in [0, 0.1) is 0 Å². The quantitative estimate of drug-likeness (QED) is 0.738. The lowest BCUT2D eigenvalue weighted by molar-refractivity contribution is 0.392. The van der Waals surface area contributed by atoms with Crippen molar-refractivity contribution in [2.75, 3.05) is 14.2 Å². The summed E-state index contributed by atoms with van der Waals surface area (Å²) >= 11 is 0. The van der Waals surface area contributed by atoms with Crippen molar-refractivity contribution in [2.45, 2.75) is 0 Å². The molecule has 106 valence electrons. The summed E-state index contributed by atoms with van der Waals surface area (Å²) in [4.78, 5) is 12.3. The molecule has 1 aromatic heterocycles. The number of benzene rings is 2. The number of ether oxygens (including phenoxy) is 2. The molecule has 4 heteroatoms. The molecule has 0 N–H and O–H groups in total. The van der Waals surface area contributed by atoms with E-state index in [0.717, 1.165) is 5.56 Å². The van der Waals surface area contributed by atoms with E-state index in [2.05, 4.69) is 0 Å². The highest BCUT2D eigenvalue weighted by molar-refractivity contribution is 5.85. The maximum Gasteiger partial charge on any atom is 0.193 e. The van der Waals surface area contributed by atoms with Gasteiger partial charge in [-0.15, -0.1) is 0 Å². The van der Waals surface area contributed by atoms with Crippen LogP contribution in [0.1, 0.15) is 0 Å². The first kappa shape index (κ1) is 13.2. The topological polar surface area (TPSA) is 48.7 Å². The predicted molar refractivity (Wildman–Crippen MR) is 81.0 cm³/mol. The van der Waals surface area contributed by atoms with Crippen molar-refractivity contribution in [1.82, 2.24) is 0 Å². The van der Waals surface area contributed by atoms with E-state index < -0.39 is 0 Å². The molecule has 3 rings (SSSR count). The van der Waals surface area contributed by atoms with Crippen molar-refractivity contribution in [3.05, 3.63) is 58.8 Å². The number of methoxy groups -OCH3 is 2. The van der Waals surface area contributed by atoms with E-state index in [9.17, 15) is 4.79 Å². The molecule has 0 fully saturated rings. The second kappa shape index (κ2) is 5.32. The predicted octanol–water partition coefficient (Wildman–Crippen LogP) is 3.48. The smallest absolute Gasteiger partial charge is 0.193 e. The highest BCUT2D eigenvalue weighted by atomic mass is 16.5. The van der Waals surface area contributed by atoms with Crippen LogP contribution in [0.2, 0.25) is 0 Å². The van der Waals surface area contributed by atoms with Gasteiger partial charge in [-0.2, -0.15) is 0 Å². The SMILES string of the molecule is COc1cc(OC)c2oc(-c3ccccc3)cc(=O)c2c1. The van der Waals surface area contributed by atoms with Crippen LogP contribution in [0.5, 0.6) is 11.5 Å². The van der Waals surface area contributed by atoms with Gasteiger partial charge >= 0.3 is 0 Å². The summed E-state index contributed by atoms with van der Waals surface area (Å²) in [6.45, 7) is 0. The minimum absolute atomic E-state index is 0.132. The van der Waals surface area contributed by atoms with Crippen molar-refractivity contribution in [3.8, 4) is 22.8 Å². The van der Waals surface area contributed by atoms with Crippen LogP contribution in [-0.2, 0) is 0 Å². The third kappa shape index (κ3) is 2.36. The minimum Gasteiger partial charge on any atom is -0.497 e. The van der Waals surface area contributed by atoms with Gasteiger partial charge in [0.05, 0.1) is 19.6 Å². The highest BCUT2D eigenvalue weighted by Gasteiger charge is 2.13. The first-order valence-electron chi connectivity index (χ1n) is 6.48. The summed E-state index contributed by atoms with van der Waals surface area (Å²) in [5, 5.41) is 0.436. The van der Waals surface area contributed by atoms with Gasteiger partial charge in [0.15, 0.2) is 16.8 Å². The summed E-state index contributed by atoms with van der Waals surface area (Å²) < 4.78 is 16.3. The van der Waals surface area contributed by atoms with Crippen LogP contribution in [0.3, 0.4) is 0 Å². The van der Waals surface area contributed by atoms with Crippen LogP contribution in [0.25, 0.3) is 22.3 Å². The van der Waals surface area contributed by atoms with Crippen molar-refractivity contribution in [1.29, 1.82) is 0 Å². The van der Waals surface area contributed by atoms with Crippen LogP contribution >= 0.6 is 0 Å². The molecule has 0 bridgehead atoms. The van der Waals surface area contributed by atoms with E-state index >= 15 is 0 Å². The minimum atomic E-state index is -0.132. The van der Waals surface area contributed by atoms with E-state index in [0.29, 0.717) is 28.2 Å². The molecular weight excluding hydrogens is 268 g/mol. The summed E-state index contributed by atoms with van der Waals surface area (Å²) in [5.74, 6) is 1.54. The van der Waals surface area contributed by atoms with Gasteiger partial charge in [0.2, 0.25) is 0 Å². The molecule has 0 unspecified atom stereocenters. The van der Waals surface area contributed by atoms with Gasteiger partial charge in [-0.25, -0.2) is 0 Å². The molecule has 0 aliphatic rings. The summed E-state index contributed by atoms with van der Waals surface area (Å²) in [7, 11) is 3.07. The molecule has 0 aliphatic heterocycles. The Morgan fingerprint density at radius 1 is 0.952 bits per heavy atom. The molecule has 1 heterocycles. The third-order valence-electron chi connectivity index (χ3n) is 3.28. The van der Waals surface area contributed by atoms with Gasteiger partial charge in [-0.05, 0) is 6.07 Å². The van der Waals surface area contributed by atoms with Gasteiger partial charge in [-0.3, -0.25) is 4.79 Å². The van der Waals surface area contributed by atoms with Crippen LogP contribution in [0.15, 0.2) is 57.7 Å². The Kier molecular flexibility index (Phi) is 3.36. The average molecular weight is 282 g/mol. The van der Waals surface area contributed by atoms with E-state index in [1.54, 1.807) is 19.2 Å². The molecular formula is C17H14O4. The fourth-order valence-electron chi connectivity index (χ4n) is 2.22. The average Bonchev–Trinajstić information content (AvgIpc) is 2.54. The first-order chi connectivity index (χ1) is 10.2. The Balaban J connectivity index is 2.31. The Morgan fingerprint density at radius 3 is 2.38 bits per heavy atom. The van der Waals surface area contributed by atoms with Gasteiger partial charge in [0, 0.05) is 17.7 Å². The molecule has 0 aliphatic carbocycles. The zero-order chi connectivity index (χ0) is 14.8. The molecule has 2 aromatic carbocycles. The van der Waals surface area contributed by atoms with Crippen LogP contribution in [0.4, 0.5) is 0 Å². The standard InChI is InChI=1S/C17H14O4/c1-19-12-8-13-14(18)10-15(11-6-4-3-5-7-11)21-17(13)16(9-12)20-2/h3-10H,1-2H3. The second-order valence-electron chi connectivity index (χ2n) is 4.55. The zero-order valence-electron chi connectivity index (χ0n) is 11.8. The Morgan fingerprint density at radius 2 is 1.71 bits per heavy atom. The fraction of sp³-hybridized carbons (Fsp3) is 0.118. The summed E-state index contributed by atoms with van der Waals surface area (Å²) in [6, 6.07) is 14.3. The second-order valence-corrected chi connectivity index (χ2v) is 4.55. The maximum absolute atomic E-state index is 12.3. The maximum atomic E-state index is 12.3. The fourth-order valence-corrected chi connectivity index (χ4v) is 2.22. The Bertz CT molecular complexity index is 835. The molecule has 21 heavy (non-hydrogen) atoms. The monoisotopic (exact) mass is 282 g/mol. The molecule has 3 aromatic rings. The lowest BCUT2D eigenvalue weighted by Crippen LogP contribution is -2.02. The van der Waals surface area contributed by atoms with Crippen molar-refractivity contribution in [3.63, 3.8) is 0 Å². The van der Waals surface area contributed by atoms with E-state index in [1.807, 2.05) is 30.3 Å². The molecule has 0 radical (unpaired) electrons. The zero-order valence-corrected chi connectivity index (χ0v) is 11.8. The number of hydrogen-bond acceptors (Lipinski definition) is 4. The van der Waals surface area contributed by atoms with Crippen molar-refractivity contribution >= 4 is 11.0 Å². The lowest BCUT2D eigenvalue weighted by Gasteiger charge is -2.09. The first-order valence-corrected chi connectivity index (χ1v) is 6.48. The molecule has 0 saturated carbocycles. The van der Waals surface area contributed by atoms with Gasteiger partial charge in [0.1, 0.15) is 11.5 Å². The number of rotatable bonds is 3. The van der Waals surface area contributed by atoms with Crippen molar-refractivity contribution in [2.24, 2.45) is 0 Å². The molecule has 0 saturated heterocycles. The van der Waals surface area contributed by atoms with Gasteiger partial charge < -0.3 is 13.9 Å². The van der Waals surface area contributed by atoms with Gasteiger partial charge in [-0.1, -0.05) is 30.3 Å². The Hall–Kier alpha value is -2.75. The third-order valence-corrected chi connectivity index (χ3v) is 3.28. The van der Waals surface area contributed by atoms with E-state index in [1.165, 1.54) is 13.2 Å². The summed E-state index contributed by atoms with van der Waals surface area (Å²) in [6.07, 6.45) is 0. The van der Waals surface area contributed by atoms with Crippen molar-refractivity contribution < 1.29 is 13.9 Å². The molecule has 0 amide bonds.